The van der Waals surface area contributed by atoms with E-state index in [0.717, 1.165) is 38.2 Å². The van der Waals surface area contributed by atoms with E-state index in [0.29, 0.717) is 6.42 Å². The second-order valence-corrected chi connectivity index (χ2v) is 6.16. The van der Waals surface area contributed by atoms with Gasteiger partial charge in [0.05, 0.1) is 0 Å². The van der Waals surface area contributed by atoms with Crippen molar-refractivity contribution in [1.29, 1.82) is 0 Å². The van der Waals surface area contributed by atoms with Crippen LogP contribution in [0.1, 0.15) is 31.7 Å². The number of para-hydroxylation sites is 1. The molecule has 3 nitrogen and oxygen atoms in total. The highest BCUT2D eigenvalue weighted by atomic mass is 16.2. The molecule has 24 heavy (non-hydrogen) atoms. The monoisotopic (exact) mass is 324 g/mol. The number of amides is 1. The van der Waals surface area contributed by atoms with Gasteiger partial charge in [-0.2, -0.15) is 0 Å². The van der Waals surface area contributed by atoms with E-state index in [1.807, 2.05) is 36.2 Å². The molecule has 0 N–H and O–H groups in total. The van der Waals surface area contributed by atoms with Crippen molar-refractivity contribution in [1.82, 2.24) is 4.90 Å². The molecule has 1 amide bonds. The van der Waals surface area contributed by atoms with E-state index in [4.69, 9.17) is 0 Å². The minimum atomic E-state index is 0.220. The number of nitrogens with zero attached hydrogens (tertiary/aromatic N) is 2. The quantitative estimate of drug-likeness (QED) is 0.685. The lowest BCUT2D eigenvalue weighted by molar-refractivity contribution is -0.129. The summed E-state index contributed by atoms with van der Waals surface area (Å²) in [7, 11) is 1.90. The Hall–Kier alpha value is -2.29. The first-order chi connectivity index (χ1) is 11.7. The van der Waals surface area contributed by atoms with Crippen LogP contribution in [0.25, 0.3) is 0 Å². The minimum Gasteiger partial charge on any atom is -0.367 e. The molecule has 0 spiro atoms. The molecular weight excluding hydrogens is 296 g/mol. The molecule has 0 atom stereocenters. The van der Waals surface area contributed by atoms with Gasteiger partial charge in [-0.15, -0.1) is 0 Å². The highest BCUT2D eigenvalue weighted by molar-refractivity contribution is 5.76. The van der Waals surface area contributed by atoms with Crippen LogP contribution >= 0.6 is 0 Å². The van der Waals surface area contributed by atoms with Gasteiger partial charge in [0, 0.05) is 38.8 Å². The van der Waals surface area contributed by atoms with Crippen molar-refractivity contribution in [2.24, 2.45) is 0 Å². The Kier molecular flexibility index (Phi) is 7.34. The largest absolute Gasteiger partial charge is 0.367 e. The van der Waals surface area contributed by atoms with Gasteiger partial charge in [-0.05, 0) is 24.1 Å². The lowest BCUT2D eigenvalue weighted by Crippen LogP contribution is -2.32. The van der Waals surface area contributed by atoms with Crippen molar-refractivity contribution in [3.8, 4) is 0 Å². The second kappa shape index (κ2) is 9.76. The molecule has 0 saturated carbocycles. The van der Waals surface area contributed by atoms with Gasteiger partial charge in [-0.25, -0.2) is 0 Å². The Morgan fingerprint density at radius 1 is 0.917 bits per heavy atom. The van der Waals surface area contributed by atoms with E-state index in [-0.39, 0.29) is 5.91 Å². The summed E-state index contributed by atoms with van der Waals surface area (Å²) >= 11 is 0. The van der Waals surface area contributed by atoms with Crippen molar-refractivity contribution < 1.29 is 4.79 Å². The molecule has 2 aromatic carbocycles. The number of hydrogen-bond acceptors (Lipinski definition) is 2. The van der Waals surface area contributed by atoms with Gasteiger partial charge in [0.25, 0.3) is 0 Å². The summed E-state index contributed by atoms with van der Waals surface area (Å²) in [5.41, 5.74) is 2.42. The van der Waals surface area contributed by atoms with Crippen LogP contribution in [0.15, 0.2) is 60.7 Å². The van der Waals surface area contributed by atoms with Crippen LogP contribution in [0.2, 0.25) is 0 Å². The molecule has 0 heterocycles. The standard InChI is InChI=1S/C21H28N2O/c1-3-4-16-22(2)21(24)15-17-23(20-13-9-6-10-14-20)18-19-11-7-5-8-12-19/h5-14H,3-4,15-18H2,1-2H3. The van der Waals surface area contributed by atoms with Gasteiger partial charge < -0.3 is 9.80 Å². The number of rotatable bonds is 9. The zero-order valence-electron chi connectivity index (χ0n) is 14.8. The summed E-state index contributed by atoms with van der Waals surface area (Å²) in [5, 5.41) is 0. The third-order valence-corrected chi connectivity index (χ3v) is 4.21. The normalized spacial score (nSPS) is 10.4. The van der Waals surface area contributed by atoms with E-state index in [1.54, 1.807) is 0 Å². The van der Waals surface area contributed by atoms with Gasteiger partial charge in [-0.1, -0.05) is 61.9 Å². The molecule has 0 aliphatic rings. The number of benzene rings is 2. The highest BCUT2D eigenvalue weighted by Gasteiger charge is 2.12. The molecule has 0 aliphatic carbocycles. The molecule has 2 aromatic rings. The highest BCUT2D eigenvalue weighted by Crippen LogP contribution is 2.17. The minimum absolute atomic E-state index is 0.220. The molecule has 0 unspecified atom stereocenters. The molecule has 0 aliphatic heterocycles. The Labute approximate surface area is 145 Å². The number of hydrogen-bond donors (Lipinski definition) is 0. The van der Waals surface area contributed by atoms with Crippen molar-refractivity contribution in [2.45, 2.75) is 32.7 Å². The maximum atomic E-state index is 12.3. The average Bonchev–Trinajstić information content (AvgIpc) is 2.64. The van der Waals surface area contributed by atoms with Crippen molar-refractivity contribution in [3.05, 3.63) is 66.2 Å². The predicted octanol–water partition coefficient (Wildman–Crippen LogP) is 4.34. The summed E-state index contributed by atoms with van der Waals surface area (Å²) in [5.74, 6) is 0.220. The molecule has 128 valence electrons. The fourth-order valence-electron chi connectivity index (χ4n) is 2.68. The predicted molar refractivity (Wildman–Crippen MR) is 101 cm³/mol. The lowest BCUT2D eigenvalue weighted by atomic mass is 10.2. The number of carbonyl (C=O) groups excluding carboxylic acids is 1. The summed E-state index contributed by atoms with van der Waals surface area (Å²) in [6.45, 7) is 4.54. The van der Waals surface area contributed by atoms with Crippen LogP contribution in [0.3, 0.4) is 0 Å². The molecule has 0 bridgehead atoms. The van der Waals surface area contributed by atoms with Gasteiger partial charge in [0.1, 0.15) is 0 Å². The smallest absolute Gasteiger partial charge is 0.224 e. The second-order valence-electron chi connectivity index (χ2n) is 6.16. The van der Waals surface area contributed by atoms with Crippen molar-refractivity contribution in [3.63, 3.8) is 0 Å². The molecule has 0 radical (unpaired) electrons. The molecule has 0 fully saturated rings. The Morgan fingerprint density at radius 3 is 2.17 bits per heavy atom. The van der Waals surface area contributed by atoms with Crippen LogP contribution in [0.5, 0.6) is 0 Å². The molecule has 0 aromatic heterocycles. The van der Waals surface area contributed by atoms with E-state index < -0.39 is 0 Å². The SMILES string of the molecule is CCCCN(C)C(=O)CCN(Cc1ccccc1)c1ccccc1. The van der Waals surface area contributed by atoms with Gasteiger partial charge >= 0.3 is 0 Å². The van der Waals surface area contributed by atoms with Crippen molar-refractivity contribution in [2.75, 3.05) is 25.0 Å². The summed E-state index contributed by atoms with van der Waals surface area (Å²) in [6.07, 6.45) is 2.72. The summed E-state index contributed by atoms with van der Waals surface area (Å²) in [6, 6.07) is 20.7. The molecule has 2 rings (SSSR count). The first kappa shape index (κ1) is 18.1. The Bertz CT molecular complexity index is 598. The average molecular weight is 324 g/mol. The number of anilines is 1. The summed E-state index contributed by atoms with van der Waals surface area (Å²) < 4.78 is 0. The fraction of sp³-hybridized carbons (Fsp3) is 0.381. The fourth-order valence-corrected chi connectivity index (χ4v) is 2.68. The van der Waals surface area contributed by atoms with Gasteiger partial charge in [0.2, 0.25) is 5.91 Å². The zero-order valence-corrected chi connectivity index (χ0v) is 14.8. The summed E-state index contributed by atoms with van der Waals surface area (Å²) in [4.78, 5) is 16.5. The maximum Gasteiger partial charge on any atom is 0.224 e. The molecule has 0 saturated heterocycles. The van der Waals surface area contributed by atoms with Gasteiger partial charge in [-0.3, -0.25) is 4.79 Å². The van der Waals surface area contributed by atoms with Crippen LogP contribution in [-0.4, -0.2) is 30.9 Å². The third kappa shape index (κ3) is 5.73. The number of carbonyl (C=O) groups is 1. The Morgan fingerprint density at radius 2 is 1.54 bits per heavy atom. The first-order valence-corrected chi connectivity index (χ1v) is 8.78. The van der Waals surface area contributed by atoms with Crippen molar-refractivity contribution >= 4 is 11.6 Å². The topological polar surface area (TPSA) is 23.6 Å². The zero-order chi connectivity index (χ0) is 17.2. The molecular formula is C21H28N2O. The van der Waals surface area contributed by atoms with Crippen LogP contribution in [0, 0.1) is 0 Å². The van der Waals surface area contributed by atoms with E-state index in [1.165, 1.54) is 5.56 Å². The van der Waals surface area contributed by atoms with Gasteiger partial charge in [0.15, 0.2) is 0 Å². The third-order valence-electron chi connectivity index (χ3n) is 4.21. The van der Waals surface area contributed by atoms with E-state index in [2.05, 4.69) is 48.2 Å². The molecule has 3 heteroatoms. The van der Waals surface area contributed by atoms with E-state index in [9.17, 15) is 4.79 Å². The first-order valence-electron chi connectivity index (χ1n) is 8.78. The van der Waals surface area contributed by atoms with Crippen LogP contribution < -0.4 is 4.90 Å². The number of unbranched alkanes of at least 4 members (excludes halogenated alkanes) is 1. The van der Waals surface area contributed by atoms with Crippen LogP contribution in [-0.2, 0) is 11.3 Å². The lowest BCUT2D eigenvalue weighted by Gasteiger charge is -2.26. The van der Waals surface area contributed by atoms with Crippen LogP contribution in [0.4, 0.5) is 5.69 Å². The Balaban J connectivity index is 2.00. The van der Waals surface area contributed by atoms with E-state index >= 15 is 0 Å². The maximum absolute atomic E-state index is 12.3.